The van der Waals surface area contributed by atoms with Crippen LogP contribution in [0.5, 0.6) is 0 Å². The van der Waals surface area contributed by atoms with Crippen LogP contribution in [-0.4, -0.2) is 17.1 Å². The molecule has 0 fully saturated rings. The molecule has 0 amide bonds. The lowest BCUT2D eigenvalue weighted by molar-refractivity contribution is -0.00843. The second-order valence-electron chi connectivity index (χ2n) is 5.03. The molecule has 0 saturated heterocycles. The zero-order valence-electron chi connectivity index (χ0n) is 10.8. The van der Waals surface area contributed by atoms with Gasteiger partial charge < -0.3 is 9.72 Å². The Bertz CT molecular complexity index is 366. The number of ether oxygens (including phenoxy) is 1. The molecule has 1 N–H and O–H groups in total. The largest absolute Gasteiger partial charge is 0.371 e. The molecule has 2 rings (SSSR count). The third kappa shape index (κ3) is 1.77. The summed E-state index contributed by atoms with van der Waals surface area (Å²) in [6.07, 6.45) is 4.60. The fraction of sp³-hybridized carbons (Fsp3) is 0.769. The van der Waals surface area contributed by atoms with Crippen molar-refractivity contribution in [2.24, 2.45) is 0 Å². The molecule has 0 aliphatic heterocycles. The smallest absolute Gasteiger partial charge is 0.138 e. The Morgan fingerprint density at radius 1 is 1.56 bits per heavy atom. The van der Waals surface area contributed by atoms with E-state index in [1.165, 1.54) is 24.2 Å². The number of rotatable bonds is 3. The highest BCUT2D eigenvalue weighted by atomic mass is 16.5. The van der Waals surface area contributed by atoms with Crippen LogP contribution in [0.15, 0.2) is 0 Å². The highest BCUT2D eigenvalue weighted by molar-refractivity contribution is 5.23. The van der Waals surface area contributed by atoms with E-state index in [1.807, 2.05) is 0 Å². The van der Waals surface area contributed by atoms with Crippen LogP contribution in [0.1, 0.15) is 63.2 Å². The maximum absolute atomic E-state index is 5.59. The minimum Gasteiger partial charge on any atom is -0.371 e. The van der Waals surface area contributed by atoms with E-state index in [2.05, 4.69) is 25.8 Å². The molecule has 90 valence electrons. The Balaban J connectivity index is 2.37. The van der Waals surface area contributed by atoms with E-state index in [9.17, 15) is 0 Å². The van der Waals surface area contributed by atoms with Crippen molar-refractivity contribution < 1.29 is 4.74 Å². The van der Waals surface area contributed by atoms with Gasteiger partial charge in [0.25, 0.3) is 0 Å². The monoisotopic (exact) mass is 222 g/mol. The van der Waals surface area contributed by atoms with Gasteiger partial charge in [0.15, 0.2) is 0 Å². The first-order valence-corrected chi connectivity index (χ1v) is 6.25. The van der Waals surface area contributed by atoms with Crippen molar-refractivity contribution in [1.82, 2.24) is 9.97 Å². The number of nitrogens with one attached hydrogen (secondary N) is 1. The maximum Gasteiger partial charge on any atom is 0.138 e. The number of imidazole rings is 1. The van der Waals surface area contributed by atoms with Crippen molar-refractivity contribution in [3.8, 4) is 0 Å². The Hall–Kier alpha value is -0.830. The molecule has 0 spiro atoms. The van der Waals surface area contributed by atoms with Crippen molar-refractivity contribution in [2.75, 3.05) is 7.11 Å². The number of hydrogen-bond donors (Lipinski definition) is 1. The van der Waals surface area contributed by atoms with Gasteiger partial charge >= 0.3 is 0 Å². The van der Waals surface area contributed by atoms with Crippen LogP contribution in [0.25, 0.3) is 0 Å². The molecule has 0 saturated carbocycles. The predicted molar refractivity (Wildman–Crippen MR) is 64.6 cm³/mol. The zero-order valence-corrected chi connectivity index (χ0v) is 10.8. The third-order valence-electron chi connectivity index (χ3n) is 3.97. The molecule has 0 radical (unpaired) electrons. The van der Waals surface area contributed by atoms with Crippen LogP contribution in [0.2, 0.25) is 0 Å². The van der Waals surface area contributed by atoms with Crippen LogP contribution in [0.4, 0.5) is 0 Å². The predicted octanol–water partition coefficient (Wildman–Crippen LogP) is 3.12. The summed E-state index contributed by atoms with van der Waals surface area (Å²) in [5.74, 6) is 1.59. The van der Waals surface area contributed by atoms with Gasteiger partial charge in [-0.3, -0.25) is 0 Å². The number of methoxy groups -OCH3 is 1. The number of fused-ring (bicyclic) bond motifs is 1. The highest BCUT2D eigenvalue weighted by Gasteiger charge is 2.30. The summed E-state index contributed by atoms with van der Waals surface area (Å²) >= 11 is 0. The van der Waals surface area contributed by atoms with Crippen molar-refractivity contribution >= 4 is 0 Å². The number of hydrogen-bond acceptors (Lipinski definition) is 2. The zero-order chi connectivity index (χ0) is 11.8. The van der Waals surface area contributed by atoms with E-state index in [-0.39, 0.29) is 5.60 Å². The Labute approximate surface area is 97.6 Å². The molecular weight excluding hydrogens is 200 g/mol. The van der Waals surface area contributed by atoms with Gasteiger partial charge in [-0.15, -0.1) is 0 Å². The minimum absolute atomic E-state index is 0.267. The first kappa shape index (κ1) is 11.6. The molecule has 3 nitrogen and oxygen atoms in total. The van der Waals surface area contributed by atoms with Crippen molar-refractivity contribution in [2.45, 2.75) is 58.0 Å². The summed E-state index contributed by atoms with van der Waals surface area (Å²) in [5, 5.41) is 0. The molecule has 2 atom stereocenters. The van der Waals surface area contributed by atoms with Gasteiger partial charge in [-0.1, -0.05) is 13.8 Å². The van der Waals surface area contributed by atoms with Crippen LogP contribution < -0.4 is 0 Å². The lowest BCUT2D eigenvalue weighted by Crippen LogP contribution is -2.24. The summed E-state index contributed by atoms with van der Waals surface area (Å²) in [6, 6.07) is 0. The van der Waals surface area contributed by atoms with E-state index in [0.717, 1.165) is 18.7 Å². The van der Waals surface area contributed by atoms with E-state index in [1.54, 1.807) is 7.11 Å². The molecule has 0 aromatic carbocycles. The van der Waals surface area contributed by atoms with Crippen molar-refractivity contribution in [3.63, 3.8) is 0 Å². The first-order chi connectivity index (χ1) is 7.60. The summed E-state index contributed by atoms with van der Waals surface area (Å²) in [6.45, 7) is 6.50. The fourth-order valence-corrected chi connectivity index (χ4v) is 2.40. The molecule has 1 heterocycles. The second-order valence-corrected chi connectivity index (χ2v) is 5.03. The van der Waals surface area contributed by atoms with Gasteiger partial charge in [0.1, 0.15) is 11.4 Å². The molecule has 2 unspecified atom stereocenters. The number of nitrogens with zero attached hydrogens (tertiary/aromatic N) is 1. The van der Waals surface area contributed by atoms with Crippen LogP contribution in [0, 0.1) is 0 Å². The van der Waals surface area contributed by atoms with Gasteiger partial charge in [-0.25, -0.2) is 4.98 Å². The summed E-state index contributed by atoms with van der Waals surface area (Å²) in [4.78, 5) is 8.24. The van der Waals surface area contributed by atoms with Crippen molar-refractivity contribution in [3.05, 3.63) is 17.2 Å². The summed E-state index contributed by atoms with van der Waals surface area (Å²) in [7, 11) is 1.76. The van der Waals surface area contributed by atoms with Crippen molar-refractivity contribution in [1.29, 1.82) is 0 Å². The molecule has 1 aliphatic carbocycles. The topological polar surface area (TPSA) is 37.9 Å². The molecule has 3 heteroatoms. The third-order valence-corrected chi connectivity index (χ3v) is 3.97. The standard InChI is InChI=1S/C13H22N2O/c1-5-13(3,16-4)12-14-10-8-6-7-9(2)11(10)15-12/h9H,5-8H2,1-4H3,(H,14,15). The van der Waals surface area contributed by atoms with Crippen LogP contribution in [0.3, 0.4) is 0 Å². The average molecular weight is 222 g/mol. The van der Waals surface area contributed by atoms with E-state index in [4.69, 9.17) is 9.72 Å². The molecule has 1 aliphatic rings. The highest BCUT2D eigenvalue weighted by Crippen LogP contribution is 2.33. The average Bonchev–Trinajstić information content (AvgIpc) is 2.74. The number of aromatic amines is 1. The summed E-state index contributed by atoms with van der Waals surface area (Å²) in [5.41, 5.74) is 2.32. The first-order valence-electron chi connectivity index (χ1n) is 6.25. The van der Waals surface area contributed by atoms with Crippen LogP contribution in [-0.2, 0) is 16.8 Å². The van der Waals surface area contributed by atoms with Gasteiger partial charge in [0.05, 0.1) is 5.69 Å². The number of H-pyrrole nitrogens is 1. The molecule has 0 bridgehead atoms. The van der Waals surface area contributed by atoms with E-state index < -0.39 is 0 Å². The molecule has 1 aromatic heterocycles. The maximum atomic E-state index is 5.59. The lowest BCUT2D eigenvalue weighted by atomic mass is 9.92. The molecule has 16 heavy (non-hydrogen) atoms. The Kier molecular flexibility index (Phi) is 3.06. The van der Waals surface area contributed by atoms with Gasteiger partial charge in [0.2, 0.25) is 0 Å². The Morgan fingerprint density at radius 3 is 2.88 bits per heavy atom. The van der Waals surface area contributed by atoms with Crippen LogP contribution >= 0.6 is 0 Å². The van der Waals surface area contributed by atoms with Gasteiger partial charge in [-0.05, 0) is 32.6 Å². The van der Waals surface area contributed by atoms with Gasteiger partial charge in [0, 0.05) is 18.7 Å². The molecular formula is C13H22N2O. The SMILES string of the molecule is CCC(C)(OC)c1nc2c([nH]1)CCCC2C. The number of aromatic nitrogens is 2. The fourth-order valence-electron chi connectivity index (χ4n) is 2.40. The van der Waals surface area contributed by atoms with E-state index in [0.29, 0.717) is 5.92 Å². The second kappa shape index (κ2) is 4.21. The lowest BCUT2D eigenvalue weighted by Gasteiger charge is -2.23. The Morgan fingerprint density at radius 2 is 2.31 bits per heavy atom. The molecule has 1 aromatic rings. The normalized spacial score (nSPS) is 23.9. The van der Waals surface area contributed by atoms with E-state index >= 15 is 0 Å². The summed E-state index contributed by atoms with van der Waals surface area (Å²) < 4.78 is 5.59. The minimum atomic E-state index is -0.267. The quantitative estimate of drug-likeness (QED) is 0.853. The van der Waals surface area contributed by atoms with Gasteiger partial charge in [-0.2, -0.15) is 0 Å². The number of aryl methyl sites for hydroxylation is 1.